The highest BCUT2D eigenvalue weighted by Crippen LogP contribution is 2.28. The first-order chi connectivity index (χ1) is 19.6. The summed E-state index contributed by atoms with van der Waals surface area (Å²) in [5.41, 5.74) is 3.17. The topological polar surface area (TPSA) is 127 Å². The van der Waals surface area contributed by atoms with E-state index in [1.165, 1.54) is 7.11 Å². The average Bonchev–Trinajstić information content (AvgIpc) is 3.34. The van der Waals surface area contributed by atoms with Crippen molar-refractivity contribution in [2.75, 3.05) is 69.8 Å². The molecule has 5 heterocycles. The number of carbonyl (C=O) groups excluding carboxylic acids is 2. The quantitative estimate of drug-likeness (QED) is 0.492. The summed E-state index contributed by atoms with van der Waals surface area (Å²) in [4.78, 5) is 39.8. The Hall–Kier alpha value is -3.97. The van der Waals surface area contributed by atoms with Crippen LogP contribution in [0.5, 0.6) is 0 Å². The van der Waals surface area contributed by atoms with Crippen molar-refractivity contribution in [3.05, 3.63) is 35.7 Å². The summed E-state index contributed by atoms with van der Waals surface area (Å²) >= 11 is 0. The van der Waals surface area contributed by atoms with Gasteiger partial charge in [0.1, 0.15) is 16.9 Å². The summed E-state index contributed by atoms with van der Waals surface area (Å²) in [6.45, 7) is 13.8. The molecule has 0 unspecified atom stereocenters. The molecule has 2 aliphatic rings. The van der Waals surface area contributed by atoms with Crippen molar-refractivity contribution in [2.24, 2.45) is 0 Å². The Morgan fingerprint density at radius 2 is 1.80 bits per heavy atom. The van der Waals surface area contributed by atoms with Crippen LogP contribution in [0, 0.1) is 6.92 Å². The third kappa shape index (κ3) is 6.85. The zero-order valence-corrected chi connectivity index (χ0v) is 24.3. The second-order valence-corrected chi connectivity index (χ2v) is 11.3. The minimum atomic E-state index is -0.581. The number of nitrogens with one attached hydrogen (secondary N) is 1. The molecule has 5 rings (SSSR count). The largest absolute Gasteiger partial charge is 0.453 e. The predicted molar refractivity (Wildman–Crippen MR) is 153 cm³/mol. The summed E-state index contributed by atoms with van der Waals surface area (Å²) < 4.78 is 17.7. The predicted octanol–water partition coefficient (Wildman–Crippen LogP) is 3.17. The fraction of sp³-hybridized carbons (Fsp3) is 0.536. The minimum Gasteiger partial charge on any atom is -0.453 e. The lowest BCUT2D eigenvalue weighted by Crippen LogP contribution is -2.49. The van der Waals surface area contributed by atoms with Gasteiger partial charge < -0.3 is 24.0 Å². The van der Waals surface area contributed by atoms with Gasteiger partial charge in [0.25, 0.3) is 0 Å². The molecule has 2 amide bonds. The first-order valence-corrected chi connectivity index (χ1v) is 13.8. The van der Waals surface area contributed by atoms with Gasteiger partial charge in [-0.2, -0.15) is 0 Å². The number of rotatable bonds is 5. The molecule has 41 heavy (non-hydrogen) atoms. The molecule has 2 aliphatic heterocycles. The van der Waals surface area contributed by atoms with E-state index < -0.39 is 11.7 Å². The highest BCUT2D eigenvalue weighted by Gasteiger charge is 2.26. The molecule has 0 aromatic carbocycles. The lowest BCUT2D eigenvalue weighted by Gasteiger charge is -2.35. The number of pyridine rings is 1. The molecular weight excluding hydrogens is 528 g/mol. The smallest absolute Gasteiger partial charge is 0.412 e. The van der Waals surface area contributed by atoms with Crippen LogP contribution in [-0.2, 0) is 20.8 Å². The summed E-state index contributed by atoms with van der Waals surface area (Å²) in [6, 6.07) is 3.91. The second-order valence-electron chi connectivity index (χ2n) is 11.3. The maximum Gasteiger partial charge on any atom is 0.412 e. The number of hydrogen-bond acceptors (Lipinski definition) is 10. The molecule has 2 saturated heterocycles. The third-order valence-corrected chi connectivity index (χ3v) is 7.01. The Morgan fingerprint density at radius 3 is 2.46 bits per heavy atom. The summed E-state index contributed by atoms with van der Waals surface area (Å²) in [6.07, 6.45) is 2.87. The second kappa shape index (κ2) is 11.9. The number of piperazine rings is 1. The van der Waals surface area contributed by atoms with Crippen LogP contribution in [0.4, 0.5) is 21.2 Å². The van der Waals surface area contributed by atoms with Gasteiger partial charge >= 0.3 is 12.2 Å². The highest BCUT2D eigenvalue weighted by atomic mass is 16.6. The van der Waals surface area contributed by atoms with Gasteiger partial charge in [-0.1, -0.05) is 0 Å². The number of amides is 2. The maximum absolute atomic E-state index is 12.5. The molecule has 3 aromatic heterocycles. The van der Waals surface area contributed by atoms with Gasteiger partial charge in [-0.25, -0.2) is 24.1 Å². The van der Waals surface area contributed by atoms with Gasteiger partial charge in [-0.05, 0) is 51.0 Å². The Morgan fingerprint density at radius 1 is 1.07 bits per heavy atom. The van der Waals surface area contributed by atoms with E-state index in [2.05, 4.69) is 30.9 Å². The summed E-state index contributed by atoms with van der Waals surface area (Å²) in [7, 11) is 1.31. The van der Waals surface area contributed by atoms with E-state index in [-0.39, 0.29) is 6.09 Å². The zero-order valence-electron chi connectivity index (χ0n) is 24.3. The van der Waals surface area contributed by atoms with Crippen LogP contribution >= 0.6 is 0 Å². The van der Waals surface area contributed by atoms with Crippen LogP contribution in [0.2, 0.25) is 0 Å². The van der Waals surface area contributed by atoms with Gasteiger partial charge in [0.05, 0.1) is 20.3 Å². The van der Waals surface area contributed by atoms with Crippen molar-refractivity contribution >= 4 is 29.3 Å². The van der Waals surface area contributed by atoms with Gasteiger partial charge in [0, 0.05) is 63.8 Å². The molecule has 220 valence electrons. The molecule has 3 aromatic rings. The number of methoxy groups -OCH3 is 1. The fourth-order valence-electron chi connectivity index (χ4n) is 4.93. The van der Waals surface area contributed by atoms with Crippen molar-refractivity contribution in [1.29, 1.82) is 0 Å². The van der Waals surface area contributed by atoms with Crippen LogP contribution in [0.3, 0.4) is 0 Å². The number of carbonyl (C=O) groups is 2. The molecule has 1 N–H and O–H groups in total. The Kier molecular flexibility index (Phi) is 8.27. The molecule has 0 aliphatic carbocycles. The molecule has 0 radical (unpaired) electrons. The van der Waals surface area contributed by atoms with Crippen molar-refractivity contribution in [3.63, 3.8) is 0 Å². The van der Waals surface area contributed by atoms with E-state index in [0.29, 0.717) is 37.9 Å². The van der Waals surface area contributed by atoms with E-state index >= 15 is 0 Å². The van der Waals surface area contributed by atoms with Crippen LogP contribution in [0.25, 0.3) is 16.9 Å². The number of nitrogens with zero attached hydrogens (tertiary/aromatic N) is 7. The number of aryl methyl sites for hydroxylation is 1. The number of aromatic nitrogens is 4. The SMILES string of the molecule is COC(=O)Nc1cc(C)c(-c2nc(N3CCOCC3)c3cc(CN4CCN(C(=O)OC(C)(C)C)CC4)cn3n2)cn1. The Labute approximate surface area is 239 Å². The van der Waals surface area contributed by atoms with E-state index in [4.69, 9.17) is 19.6 Å². The van der Waals surface area contributed by atoms with E-state index in [9.17, 15) is 9.59 Å². The van der Waals surface area contributed by atoms with Crippen molar-refractivity contribution < 1.29 is 23.8 Å². The summed E-state index contributed by atoms with van der Waals surface area (Å²) in [5, 5.41) is 7.45. The van der Waals surface area contributed by atoms with Gasteiger partial charge in [-0.15, -0.1) is 5.10 Å². The summed E-state index contributed by atoms with van der Waals surface area (Å²) in [5.74, 6) is 1.78. The molecule has 0 bridgehead atoms. The lowest BCUT2D eigenvalue weighted by atomic mass is 10.1. The van der Waals surface area contributed by atoms with Gasteiger partial charge in [-0.3, -0.25) is 10.2 Å². The molecule has 2 fully saturated rings. The highest BCUT2D eigenvalue weighted by molar-refractivity contribution is 5.83. The number of anilines is 2. The third-order valence-electron chi connectivity index (χ3n) is 7.01. The van der Waals surface area contributed by atoms with Gasteiger partial charge in [0.15, 0.2) is 11.6 Å². The number of hydrogen-bond donors (Lipinski definition) is 1. The Balaban J connectivity index is 1.38. The van der Waals surface area contributed by atoms with E-state index in [1.54, 1.807) is 17.2 Å². The first kappa shape index (κ1) is 28.6. The maximum atomic E-state index is 12.5. The monoisotopic (exact) mass is 566 g/mol. The van der Waals surface area contributed by atoms with E-state index in [0.717, 1.165) is 60.7 Å². The van der Waals surface area contributed by atoms with Crippen molar-refractivity contribution in [1.82, 2.24) is 29.4 Å². The van der Waals surface area contributed by atoms with Crippen molar-refractivity contribution in [2.45, 2.75) is 39.8 Å². The average molecular weight is 567 g/mol. The minimum absolute atomic E-state index is 0.261. The number of morpholine rings is 1. The molecule has 13 nitrogen and oxygen atoms in total. The van der Waals surface area contributed by atoms with Crippen molar-refractivity contribution in [3.8, 4) is 11.4 Å². The molecule has 13 heteroatoms. The van der Waals surface area contributed by atoms with E-state index in [1.807, 2.05) is 38.4 Å². The van der Waals surface area contributed by atoms with Gasteiger partial charge in [0.2, 0.25) is 0 Å². The standard InChI is InChI=1S/C28H38N8O5/c1-19-14-23(30-26(37)39-5)29-16-21(19)24-31-25(34-10-12-40-13-11-34)22-15-20(18-36(22)32-24)17-33-6-8-35(9-7-33)27(38)41-28(2,3)4/h14-16,18H,6-13,17H2,1-5H3,(H,29,30,37). The zero-order chi connectivity index (χ0) is 29.1. The normalized spacial score (nSPS) is 16.6. The lowest BCUT2D eigenvalue weighted by molar-refractivity contribution is 0.0139. The number of fused-ring (bicyclic) bond motifs is 1. The molecule has 0 spiro atoms. The van der Waals surface area contributed by atoms with Crippen LogP contribution in [0.1, 0.15) is 31.9 Å². The Bertz CT molecular complexity index is 1400. The fourth-order valence-corrected chi connectivity index (χ4v) is 4.93. The van der Waals surface area contributed by atoms with Crippen LogP contribution in [0.15, 0.2) is 24.5 Å². The van der Waals surface area contributed by atoms with Crippen LogP contribution < -0.4 is 10.2 Å². The molecule has 0 atom stereocenters. The van der Waals surface area contributed by atoms with Crippen LogP contribution in [-0.4, -0.2) is 107 Å². The number of ether oxygens (including phenoxy) is 3. The molecular formula is C28H38N8O5. The molecule has 0 saturated carbocycles. The first-order valence-electron chi connectivity index (χ1n) is 13.8.